The molecule has 0 bridgehead atoms. The van der Waals surface area contributed by atoms with Crippen LogP contribution in [0.25, 0.3) is 10.9 Å². The van der Waals surface area contributed by atoms with Crippen LogP contribution in [0.1, 0.15) is 23.6 Å². The standard InChI is InChI=1S/C18H14F4N4O2/c19-15-11(18(20,21)22)5-4-9-13(6-7-28-16(9)15)25-17(27)24-12-2-1-3-14-10(12)8-23-26-14/h1-5,8,13H,6-7H2,(H,23,26)(H2,24,25,27). The lowest BCUT2D eigenvalue weighted by atomic mass is 9.98. The maximum Gasteiger partial charge on any atom is 0.419 e. The average molecular weight is 394 g/mol. The first-order valence-corrected chi connectivity index (χ1v) is 8.36. The highest BCUT2D eigenvalue weighted by molar-refractivity contribution is 6.00. The molecule has 0 saturated carbocycles. The summed E-state index contributed by atoms with van der Waals surface area (Å²) >= 11 is 0. The molecule has 2 aromatic carbocycles. The van der Waals surface area contributed by atoms with Gasteiger partial charge in [0.25, 0.3) is 0 Å². The molecule has 3 N–H and O–H groups in total. The highest BCUT2D eigenvalue weighted by Gasteiger charge is 2.38. The van der Waals surface area contributed by atoms with Gasteiger partial charge in [0.1, 0.15) is 0 Å². The topological polar surface area (TPSA) is 79.0 Å². The highest BCUT2D eigenvalue weighted by atomic mass is 19.4. The van der Waals surface area contributed by atoms with Crippen molar-refractivity contribution in [1.82, 2.24) is 15.5 Å². The van der Waals surface area contributed by atoms with Crippen molar-refractivity contribution in [3.8, 4) is 5.75 Å². The van der Waals surface area contributed by atoms with E-state index in [0.717, 1.165) is 11.6 Å². The SMILES string of the molecule is O=C(Nc1cccc2[nH]ncc12)NC1CCOc2c1ccc(C(F)(F)F)c2F. The Kier molecular flexibility index (Phi) is 4.33. The Balaban J connectivity index is 1.56. The first-order valence-electron chi connectivity index (χ1n) is 8.36. The number of nitrogens with zero attached hydrogens (tertiary/aromatic N) is 1. The van der Waals surface area contributed by atoms with Gasteiger partial charge in [-0.25, -0.2) is 9.18 Å². The number of carbonyl (C=O) groups is 1. The molecule has 4 rings (SSSR count). The highest BCUT2D eigenvalue weighted by Crippen LogP contribution is 2.41. The number of ether oxygens (including phenoxy) is 1. The summed E-state index contributed by atoms with van der Waals surface area (Å²) in [6.45, 7) is -0.0203. The normalized spacial score (nSPS) is 16.4. The van der Waals surface area contributed by atoms with Gasteiger partial charge in [0.15, 0.2) is 11.6 Å². The van der Waals surface area contributed by atoms with Crippen LogP contribution in [0.15, 0.2) is 36.5 Å². The fourth-order valence-corrected chi connectivity index (χ4v) is 3.19. The Morgan fingerprint density at radius 1 is 1.25 bits per heavy atom. The number of fused-ring (bicyclic) bond motifs is 2. The lowest BCUT2D eigenvalue weighted by Gasteiger charge is -2.28. The molecule has 1 unspecified atom stereocenters. The summed E-state index contributed by atoms with van der Waals surface area (Å²) in [4.78, 5) is 12.4. The van der Waals surface area contributed by atoms with Crippen molar-refractivity contribution in [2.75, 3.05) is 11.9 Å². The number of rotatable bonds is 2. The quantitative estimate of drug-likeness (QED) is 0.565. The summed E-state index contributed by atoms with van der Waals surface area (Å²) in [7, 11) is 0. The lowest BCUT2D eigenvalue weighted by molar-refractivity contribution is -0.140. The van der Waals surface area contributed by atoms with Crippen LogP contribution in [0.3, 0.4) is 0 Å². The van der Waals surface area contributed by atoms with Crippen molar-refractivity contribution < 1.29 is 27.1 Å². The molecular formula is C18H14F4N4O2. The molecule has 2 amide bonds. The number of carbonyl (C=O) groups excluding carboxylic acids is 1. The van der Waals surface area contributed by atoms with Gasteiger partial charge < -0.3 is 15.4 Å². The zero-order valence-corrected chi connectivity index (χ0v) is 14.2. The van der Waals surface area contributed by atoms with E-state index in [9.17, 15) is 22.4 Å². The van der Waals surface area contributed by atoms with E-state index in [4.69, 9.17) is 4.74 Å². The fraction of sp³-hybridized carbons (Fsp3) is 0.222. The third kappa shape index (κ3) is 3.21. The van der Waals surface area contributed by atoms with Crippen LogP contribution in [-0.2, 0) is 6.18 Å². The molecule has 146 valence electrons. The molecule has 10 heteroatoms. The molecule has 1 aliphatic rings. The van der Waals surface area contributed by atoms with Gasteiger partial charge in [-0.3, -0.25) is 5.10 Å². The second-order valence-electron chi connectivity index (χ2n) is 6.27. The number of alkyl halides is 3. The Labute approximate surface area is 155 Å². The van der Waals surface area contributed by atoms with E-state index in [1.54, 1.807) is 24.4 Å². The van der Waals surface area contributed by atoms with Gasteiger partial charge in [-0.05, 0) is 18.2 Å². The Morgan fingerprint density at radius 3 is 2.86 bits per heavy atom. The van der Waals surface area contributed by atoms with E-state index in [1.165, 1.54) is 0 Å². The molecule has 3 aromatic rings. The lowest BCUT2D eigenvalue weighted by Crippen LogP contribution is -2.35. The summed E-state index contributed by atoms with van der Waals surface area (Å²) in [6, 6.07) is 5.72. The number of halogens is 4. The van der Waals surface area contributed by atoms with Crippen LogP contribution in [0.2, 0.25) is 0 Å². The predicted octanol–water partition coefficient (Wildman–Crippen LogP) is 4.37. The minimum absolute atomic E-state index is 0.0203. The van der Waals surface area contributed by atoms with Gasteiger partial charge in [0, 0.05) is 17.4 Å². The summed E-state index contributed by atoms with van der Waals surface area (Å²) in [5.74, 6) is -1.96. The molecule has 1 aromatic heterocycles. The van der Waals surface area contributed by atoms with Crippen LogP contribution < -0.4 is 15.4 Å². The zero-order chi connectivity index (χ0) is 19.9. The van der Waals surface area contributed by atoms with Gasteiger partial charge in [-0.2, -0.15) is 18.3 Å². The van der Waals surface area contributed by atoms with Gasteiger partial charge in [-0.15, -0.1) is 0 Å². The van der Waals surface area contributed by atoms with Crippen LogP contribution in [0.5, 0.6) is 5.75 Å². The van der Waals surface area contributed by atoms with Crippen molar-refractivity contribution >= 4 is 22.6 Å². The van der Waals surface area contributed by atoms with Gasteiger partial charge in [0.2, 0.25) is 0 Å². The number of aromatic amines is 1. The number of nitrogens with one attached hydrogen (secondary N) is 3. The molecule has 0 radical (unpaired) electrons. The number of urea groups is 1. The molecule has 0 spiro atoms. The van der Waals surface area contributed by atoms with Crippen LogP contribution in [0.4, 0.5) is 28.0 Å². The Hall–Kier alpha value is -3.30. The molecule has 0 saturated heterocycles. The molecular weight excluding hydrogens is 380 g/mol. The maximum atomic E-state index is 14.3. The van der Waals surface area contributed by atoms with E-state index in [0.29, 0.717) is 23.6 Å². The smallest absolute Gasteiger partial charge is 0.419 e. The van der Waals surface area contributed by atoms with Gasteiger partial charge in [0.05, 0.1) is 35.6 Å². The second kappa shape index (κ2) is 6.70. The third-order valence-electron chi connectivity index (χ3n) is 4.50. The number of anilines is 1. The van der Waals surface area contributed by atoms with Crippen molar-refractivity contribution in [2.45, 2.75) is 18.6 Å². The molecule has 1 atom stereocenters. The predicted molar refractivity (Wildman–Crippen MR) is 92.5 cm³/mol. The van der Waals surface area contributed by atoms with Crippen LogP contribution >= 0.6 is 0 Å². The van der Waals surface area contributed by atoms with Crippen molar-refractivity contribution in [3.63, 3.8) is 0 Å². The summed E-state index contributed by atoms with van der Waals surface area (Å²) in [6.07, 6.45) is -2.98. The van der Waals surface area contributed by atoms with Crippen molar-refractivity contribution in [3.05, 3.63) is 53.5 Å². The van der Waals surface area contributed by atoms with E-state index in [-0.39, 0.29) is 12.2 Å². The maximum absolute atomic E-state index is 14.3. The molecule has 28 heavy (non-hydrogen) atoms. The first-order chi connectivity index (χ1) is 13.3. The van der Waals surface area contributed by atoms with Gasteiger partial charge >= 0.3 is 12.2 Å². The van der Waals surface area contributed by atoms with E-state index >= 15 is 0 Å². The van der Waals surface area contributed by atoms with E-state index in [2.05, 4.69) is 20.8 Å². The zero-order valence-electron chi connectivity index (χ0n) is 14.2. The number of benzene rings is 2. The Bertz CT molecular complexity index is 1050. The molecule has 1 aliphatic heterocycles. The van der Waals surface area contributed by atoms with Crippen molar-refractivity contribution in [2.24, 2.45) is 0 Å². The number of hydrogen-bond acceptors (Lipinski definition) is 3. The average Bonchev–Trinajstić information content (AvgIpc) is 3.11. The molecule has 0 aliphatic carbocycles. The number of hydrogen-bond donors (Lipinski definition) is 3. The molecule has 2 heterocycles. The Morgan fingerprint density at radius 2 is 2.07 bits per heavy atom. The molecule has 0 fully saturated rings. The minimum Gasteiger partial charge on any atom is -0.490 e. The van der Waals surface area contributed by atoms with Crippen molar-refractivity contribution in [1.29, 1.82) is 0 Å². The summed E-state index contributed by atoms with van der Waals surface area (Å²) in [5.41, 5.74) is 0.00185. The van der Waals surface area contributed by atoms with Crippen LogP contribution in [-0.4, -0.2) is 22.8 Å². The summed E-state index contributed by atoms with van der Waals surface area (Å²) in [5, 5.41) is 12.7. The molecule has 6 nitrogen and oxygen atoms in total. The fourth-order valence-electron chi connectivity index (χ4n) is 3.19. The number of amides is 2. The number of H-pyrrole nitrogens is 1. The monoisotopic (exact) mass is 394 g/mol. The van der Waals surface area contributed by atoms with Gasteiger partial charge in [-0.1, -0.05) is 12.1 Å². The second-order valence-corrected chi connectivity index (χ2v) is 6.27. The van der Waals surface area contributed by atoms with E-state index in [1.807, 2.05) is 0 Å². The first kappa shape index (κ1) is 18.1. The van der Waals surface area contributed by atoms with E-state index < -0.39 is 35.4 Å². The number of aromatic nitrogens is 2. The summed E-state index contributed by atoms with van der Waals surface area (Å²) < 4.78 is 58.0. The third-order valence-corrected chi connectivity index (χ3v) is 4.50. The van der Waals surface area contributed by atoms with Crippen LogP contribution in [0, 0.1) is 5.82 Å². The minimum atomic E-state index is -4.83. The largest absolute Gasteiger partial charge is 0.490 e.